The summed E-state index contributed by atoms with van der Waals surface area (Å²) in [7, 11) is -2.07. The molecule has 114 valence electrons. The van der Waals surface area contributed by atoms with Gasteiger partial charge in [0.05, 0.1) is 12.1 Å². The summed E-state index contributed by atoms with van der Waals surface area (Å²) >= 11 is 6.02. The summed E-state index contributed by atoms with van der Waals surface area (Å²) in [5, 5.41) is 3.39. The van der Waals surface area contributed by atoms with Crippen LogP contribution in [0, 0.1) is 0 Å². The molecule has 0 aliphatic carbocycles. The van der Waals surface area contributed by atoms with Gasteiger partial charge in [0.1, 0.15) is 10.6 Å². The van der Waals surface area contributed by atoms with Crippen molar-refractivity contribution in [3.8, 4) is 5.75 Å². The Morgan fingerprint density at radius 3 is 2.75 bits per heavy atom. The van der Waals surface area contributed by atoms with Crippen molar-refractivity contribution in [1.82, 2.24) is 9.62 Å². The fourth-order valence-corrected chi connectivity index (χ4v) is 3.98. The number of nitrogens with zero attached hydrogens (tertiary/aromatic N) is 1. The molecule has 1 aromatic rings. The normalized spacial score (nSPS) is 17.1. The van der Waals surface area contributed by atoms with Gasteiger partial charge in [-0.2, -0.15) is 4.31 Å². The zero-order valence-corrected chi connectivity index (χ0v) is 13.5. The van der Waals surface area contributed by atoms with E-state index < -0.39 is 10.0 Å². The van der Waals surface area contributed by atoms with Crippen molar-refractivity contribution in [3.05, 3.63) is 23.2 Å². The molecule has 0 saturated carbocycles. The molecule has 1 heterocycles. The predicted octanol–water partition coefficient (Wildman–Crippen LogP) is 1.75. The van der Waals surface area contributed by atoms with Crippen molar-refractivity contribution in [2.24, 2.45) is 0 Å². The van der Waals surface area contributed by atoms with E-state index in [0.29, 0.717) is 25.4 Å². The molecular weight excluding hydrogens is 323 g/mol. The minimum absolute atomic E-state index is 0. The molecular formula is C12H18Cl2N2O3S. The first-order valence-electron chi connectivity index (χ1n) is 6.10. The maximum Gasteiger partial charge on any atom is 0.244 e. The number of methoxy groups -OCH3 is 1. The van der Waals surface area contributed by atoms with E-state index in [4.69, 9.17) is 16.3 Å². The highest BCUT2D eigenvalue weighted by Gasteiger charge is 2.27. The molecule has 0 spiro atoms. The third-order valence-corrected chi connectivity index (χ3v) is 5.44. The summed E-state index contributed by atoms with van der Waals surface area (Å²) < 4.78 is 31.7. The number of rotatable bonds is 3. The average molecular weight is 341 g/mol. The lowest BCUT2D eigenvalue weighted by Crippen LogP contribution is -2.34. The molecule has 0 atom stereocenters. The Morgan fingerprint density at radius 1 is 1.30 bits per heavy atom. The van der Waals surface area contributed by atoms with E-state index in [-0.39, 0.29) is 22.3 Å². The van der Waals surface area contributed by atoms with E-state index in [2.05, 4.69) is 5.32 Å². The van der Waals surface area contributed by atoms with Gasteiger partial charge in [0.25, 0.3) is 0 Å². The smallest absolute Gasteiger partial charge is 0.244 e. The van der Waals surface area contributed by atoms with E-state index in [9.17, 15) is 8.42 Å². The Bertz CT molecular complexity index is 544. The first-order valence-corrected chi connectivity index (χ1v) is 7.92. The summed E-state index contributed by atoms with van der Waals surface area (Å²) in [5.74, 6) is 0.482. The average Bonchev–Trinajstić information content (AvgIpc) is 2.68. The van der Waals surface area contributed by atoms with Crippen LogP contribution in [0.4, 0.5) is 0 Å². The van der Waals surface area contributed by atoms with Crippen LogP contribution < -0.4 is 10.1 Å². The third kappa shape index (κ3) is 3.77. The van der Waals surface area contributed by atoms with Crippen molar-refractivity contribution in [2.45, 2.75) is 11.3 Å². The molecule has 1 aliphatic rings. The van der Waals surface area contributed by atoms with Gasteiger partial charge in [0.2, 0.25) is 10.0 Å². The number of nitrogens with one attached hydrogen (secondary N) is 1. The van der Waals surface area contributed by atoms with E-state index in [1.807, 2.05) is 0 Å². The van der Waals surface area contributed by atoms with Crippen molar-refractivity contribution in [1.29, 1.82) is 0 Å². The molecule has 1 N–H and O–H groups in total. The van der Waals surface area contributed by atoms with Gasteiger partial charge in [-0.05, 0) is 25.1 Å². The Morgan fingerprint density at radius 2 is 2.05 bits per heavy atom. The topological polar surface area (TPSA) is 58.6 Å². The van der Waals surface area contributed by atoms with Crippen LogP contribution in [-0.4, -0.2) is 46.0 Å². The van der Waals surface area contributed by atoms with Gasteiger partial charge >= 0.3 is 0 Å². The molecule has 5 nitrogen and oxygen atoms in total. The van der Waals surface area contributed by atoms with Crippen molar-refractivity contribution >= 4 is 34.0 Å². The number of benzene rings is 1. The Balaban J connectivity index is 0.00000200. The lowest BCUT2D eigenvalue weighted by atomic mass is 10.3. The number of sulfonamides is 1. The number of hydrogen-bond donors (Lipinski definition) is 1. The summed E-state index contributed by atoms with van der Waals surface area (Å²) in [5.41, 5.74) is 0. The molecule has 2 rings (SSSR count). The maximum absolute atomic E-state index is 12.6. The lowest BCUT2D eigenvalue weighted by Gasteiger charge is -2.20. The summed E-state index contributed by atoms with van der Waals surface area (Å²) in [6.07, 6.45) is 0.792. The van der Waals surface area contributed by atoms with Crippen LogP contribution in [0.15, 0.2) is 23.1 Å². The molecule has 1 aliphatic heterocycles. The van der Waals surface area contributed by atoms with Gasteiger partial charge in [0, 0.05) is 25.7 Å². The summed E-state index contributed by atoms with van der Waals surface area (Å²) in [6, 6.07) is 4.66. The molecule has 8 heteroatoms. The zero-order valence-electron chi connectivity index (χ0n) is 11.1. The van der Waals surface area contributed by atoms with Gasteiger partial charge < -0.3 is 10.1 Å². The fraction of sp³-hybridized carbons (Fsp3) is 0.500. The Kier molecular flexibility index (Phi) is 6.54. The SMILES string of the molecule is COc1ccc(Cl)c(S(=O)(=O)N2CCCNCC2)c1.Cl. The standard InChI is InChI=1S/C12H17ClN2O3S.ClH/c1-18-10-3-4-11(13)12(9-10)19(16,17)15-7-2-5-14-6-8-15;/h3-4,9,14H,2,5-8H2,1H3;1H. The third-order valence-electron chi connectivity index (χ3n) is 3.06. The highest BCUT2D eigenvalue weighted by molar-refractivity contribution is 7.89. The van der Waals surface area contributed by atoms with Crippen LogP contribution in [0.3, 0.4) is 0 Å². The van der Waals surface area contributed by atoms with Crippen LogP contribution in [-0.2, 0) is 10.0 Å². The second-order valence-electron chi connectivity index (χ2n) is 4.30. The molecule has 1 saturated heterocycles. The minimum Gasteiger partial charge on any atom is -0.497 e. The van der Waals surface area contributed by atoms with Gasteiger partial charge in [-0.1, -0.05) is 11.6 Å². The molecule has 0 aromatic heterocycles. The van der Waals surface area contributed by atoms with Crippen molar-refractivity contribution in [2.75, 3.05) is 33.3 Å². The Labute approximate surface area is 130 Å². The van der Waals surface area contributed by atoms with Crippen LogP contribution in [0.2, 0.25) is 5.02 Å². The van der Waals surface area contributed by atoms with E-state index in [1.165, 1.54) is 17.5 Å². The van der Waals surface area contributed by atoms with Crippen LogP contribution in [0.1, 0.15) is 6.42 Å². The monoisotopic (exact) mass is 340 g/mol. The molecule has 1 aromatic carbocycles. The van der Waals surface area contributed by atoms with Crippen LogP contribution >= 0.6 is 24.0 Å². The molecule has 0 radical (unpaired) electrons. The number of ether oxygens (including phenoxy) is 1. The largest absolute Gasteiger partial charge is 0.497 e. The van der Waals surface area contributed by atoms with Gasteiger partial charge in [-0.25, -0.2) is 8.42 Å². The highest BCUT2D eigenvalue weighted by atomic mass is 35.5. The number of halogens is 2. The van der Waals surface area contributed by atoms with Crippen LogP contribution in [0.25, 0.3) is 0 Å². The predicted molar refractivity (Wildman–Crippen MR) is 81.5 cm³/mol. The van der Waals surface area contributed by atoms with Gasteiger partial charge in [-0.3, -0.25) is 0 Å². The molecule has 1 fully saturated rings. The second-order valence-corrected chi connectivity index (χ2v) is 6.62. The Hall–Kier alpha value is -0.530. The fourth-order valence-electron chi connectivity index (χ4n) is 2.01. The minimum atomic E-state index is -3.57. The first-order chi connectivity index (χ1) is 9.05. The van der Waals surface area contributed by atoms with E-state index in [1.54, 1.807) is 12.1 Å². The van der Waals surface area contributed by atoms with Crippen LogP contribution in [0.5, 0.6) is 5.75 Å². The maximum atomic E-state index is 12.6. The van der Waals surface area contributed by atoms with Crippen molar-refractivity contribution in [3.63, 3.8) is 0 Å². The van der Waals surface area contributed by atoms with Gasteiger partial charge in [0.15, 0.2) is 0 Å². The molecule has 0 amide bonds. The van der Waals surface area contributed by atoms with E-state index in [0.717, 1.165) is 13.0 Å². The quantitative estimate of drug-likeness (QED) is 0.910. The van der Waals surface area contributed by atoms with Gasteiger partial charge in [-0.15, -0.1) is 12.4 Å². The summed E-state index contributed by atoms with van der Waals surface area (Å²) in [6.45, 7) is 2.44. The van der Waals surface area contributed by atoms with E-state index >= 15 is 0 Å². The molecule has 20 heavy (non-hydrogen) atoms. The lowest BCUT2D eigenvalue weighted by molar-refractivity contribution is 0.411. The molecule has 0 unspecified atom stereocenters. The van der Waals surface area contributed by atoms with Crippen molar-refractivity contribution < 1.29 is 13.2 Å². The first kappa shape index (κ1) is 17.5. The zero-order chi connectivity index (χ0) is 13.9. The second kappa shape index (κ2) is 7.47. The molecule has 0 bridgehead atoms. The summed E-state index contributed by atoms with van der Waals surface area (Å²) in [4.78, 5) is 0.107. The number of hydrogen-bond acceptors (Lipinski definition) is 4. The highest BCUT2D eigenvalue weighted by Crippen LogP contribution is 2.28.